The summed E-state index contributed by atoms with van der Waals surface area (Å²) in [4.78, 5) is 21.5. The summed E-state index contributed by atoms with van der Waals surface area (Å²) in [6, 6.07) is 9.63. The molecule has 0 aliphatic carbocycles. The van der Waals surface area contributed by atoms with Gasteiger partial charge < -0.3 is 9.73 Å². The van der Waals surface area contributed by atoms with Gasteiger partial charge in [-0.2, -0.15) is 0 Å². The molecule has 0 spiro atoms. The van der Waals surface area contributed by atoms with E-state index in [2.05, 4.69) is 36.1 Å². The predicted molar refractivity (Wildman–Crippen MR) is 105 cm³/mol. The molecule has 3 rings (SSSR count). The van der Waals surface area contributed by atoms with Crippen molar-refractivity contribution >= 4 is 34.5 Å². The number of hydrogen-bond donors (Lipinski definition) is 1. The Morgan fingerprint density at radius 3 is 2.62 bits per heavy atom. The van der Waals surface area contributed by atoms with Crippen LogP contribution < -0.4 is 5.32 Å². The molecule has 134 valence electrons. The fraction of sp³-hybridized carbons (Fsp3) is 0.250. The monoisotopic (exact) mass is 367 g/mol. The summed E-state index contributed by atoms with van der Waals surface area (Å²) in [5.74, 6) is 1.32. The molecule has 0 atom stereocenters. The number of rotatable bonds is 5. The van der Waals surface area contributed by atoms with Gasteiger partial charge in [-0.05, 0) is 11.6 Å². The number of thiazole rings is 1. The summed E-state index contributed by atoms with van der Waals surface area (Å²) in [7, 11) is 0. The topological polar surface area (TPSA) is 68.0 Å². The SMILES string of the molecule is CC(C)(C)c1cnc(/C=C\c2cnc(NC(=O)Cc3ccccc3)s2)o1. The van der Waals surface area contributed by atoms with Crippen molar-refractivity contribution in [3.05, 3.63) is 64.8 Å². The van der Waals surface area contributed by atoms with Crippen molar-refractivity contribution < 1.29 is 9.21 Å². The van der Waals surface area contributed by atoms with Crippen LogP contribution in [0.1, 0.15) is 42.9 Å². The minimum atomic E-state index is -0.0800. The third-order valence-electron chi connectivity index (χ3n) is 3.63. The second-order valence-corrected chi connectivity index (χ2v) is 7.99. The van der Waals surface area contributed by atoms with Gasteiger partial charge in [0.2, 0.25) is 11.8 Å². The Bertz CT molecular complexity index is 905. The smallest absolute Gasteiger partial charge is 0.230 e. The number of carbonyl (C=O) groups excluding carboxylic acids is 1. The molecule has 3 aromatic rings. The highest BCUT2D eigenvalue weighted by molar-refractivity contribution is 7.16. The molecule has 26 heavy (non-hydrogen) atoms. The van der Waals surface area contributed by atoms with Gasteiger partial charge in [0.05, 0.1) is 12.6 Å². The van der Waals surface area contributed by atoms with Crippen LogP contribution in [0.25, 0.3) is 12.2 Å². The van der Waals surface area contributed by atoms with Gasteiger partial charge in [-0.1, -0.05) is 62.4 Å². The van der Waals surface area contributed by atoms with E-state index in [0.717, 1.165) is 16.2 Å². The number of amides is 1. The highest BCUT2D eigenvalue weighted by atomic mass is 32.1. The number of nitrogens with zero attached hydrogens (tertiary/aromatic N) is 2. The van der Waals surface area contributed by atoms with E-state index >= 15 is 0 Å². The van der Waals surface area contributed by atoms with Gasteiger partial charge in [-0.3, -0.25) is 4.79 Å². The molecule has 0 saturated carbocycles. The molecule has 0 saturated heterocycles. The molecule has 0 radical (unpaired) electrons. The average molecular weight is 367 g/mol. The zero-order valence-electron chi connectivity index (χ0n) is 15.0. The van der Waals surface area contributed by atoms with Crippen LogP contribution in [0, 0.1) is 0 Å². The Hall–Kier alpha value is -2.73. The minimum absolute atomic E-state index is 0.0697. The highest BCUT2D eigenvalue weighted by Crippen LogP contribution is 2.24. The van der Waals surface area contributed by atoms with E-state index in [0.29, 0.717) is 17.4 Å². The van der Waals surface area contributed by atoms with Gasteiger partial charge in [0.25, 0.3) is 0 Å². The average Bonchev–Trinajstić information content (AvgIpc) is 3.22. The largest absolute Gasteiger partial charge is 0.441 e. The van der Waals surface area contributed by atoms with E-state index in [1.807, 2.05) is 36.4 Å². The van der Waals surface area contributed by atoms with Crippen molar-refractivity contribution in [3.8, 4) is 0 Å². The van der Waals surface area contributed by atoms with Crippen molar-refractivity contribution in [1.29, 1.82) is 0 Å². The molecule has 5 nitrogen and oxygen atoms in total. The van der Waals surface area contributed by atoms with E-state index in [1.54, 1.807) is 18.5 Å². The molecule has 2 aromatic heterocycles. The summed E-state index contributed by atoms with van der Waals surface area (Å²) in [5.41, 5.74) is 0.903. The lowest BCUT2D eigenvalue weighted by Gasteiger charge is -2.12. The maximum Gasteiger partial charge on any atom is 0.230 e. The fourth-order valence-electron chi connectivity index (χ4n) is 2.23. The Morgan fingerprint density at radius 1 is 1.15 bits per heavy atom. The molecule has 1 amide bonds. The van der Waals surface area contributed by atoms with Crippen LogP contribution in [0.3, 0.4) is 0 Å². The molecule has 0 aliphatic heterocycles. The van der Waals surface area contributed by atoms with Crippen LogP contribution in [0.2, 0.25) is 0 Å². The number of hydrogen-bond acceptors (Lipinski definition) is 5. The first-order chi connectivity index (χ1) is 12.4. The summed E-state index contributed by atoms with van der Waals surface area (Å²) in [6.45, 7) is 6.23. The minimum Gasteiger partial charge on any atom is -0.441 e. The number of aromatic nitrogens is 2. The van der Waals surface area contributed by atoms with Crippen molar-refractivity contribution in [2.75, 3.05) is 5.32 Å². The summed E-state index contributed by atoms with van der Waals surface area (Å²) in [6.07, 6.45) is 7.48. The zero-order valence-corrected chi connectivity index (χ0v) is 15.8. The first-order valence-corrected chi connectivity index (χ1v) is 9.16. The Labute approximate surface area is 156 Å². The van der Waals surface area contributed by atoms with E-state index in [9.17, 15) is 4.79 Å². The second-order valence-electron chi connectivity index (χ2n) is 6.92. The lowest BCUT2D eigenvalue weighted by molar-refractivity contribution is -0.115. The third kappa shape index (κ3) is 4.89. The van der Waals surface area contributed by atoms with Crippen LogP contribution in [0.5, 0.6) is 0 Å². The molecule has 0 unspecified atom stereocenters. The Kier molecular flexibility index (Phi) is 5.32. The van der Waals surface area contributed by atoms with E-state index in [4.69, 9.17) is 4.42 Å². The van der Waals surface area contributed by atoms with Gasteiger partial charge in [0.15, 0.2) is 5.13 Å². The number of anilines is 1. The maximum absolute atomic E-state index is 12.1. The lowest BCUT2D eigenvalue weighted by atomic mass is 9.94. The van der Waals surface area contributed by atoms with Gasteiger partial charge in [-0.15, -0.1) is 0 Å². The number of benzene rings is 1. The normalized spacial score (nSPS) is 11.8. The number of nitrogens with one attached hydrogen (secondary N) is 1. The molecular formula is C20H21N3O2S. The number of carbonyl (C=O) groups is 1. The van der Waals surface area contributed by atoms with Crippen molar-refractivity contribution in [2.24, 2.45) is 0 Å². The molecule has 0 aliphatic rings. The fourth-order valence-corrected chi connectivity index (χ4v) is 2.97. The summed E-state index contributed by atoms with van der Waals surface area (Å²) in [5, 5.41) is 3.41. The van der Waals surface area contributed by atoms with Gasteiger partial charge in [0.1, 0.15) is 5.76 Å². The first kappa shape index (κ1) is 18.1. The van der Waals surface area contributed by atoms with Crippen molar-refractivity contribution in [2.45, 2.75) is 32.6 Å². The van der Waals surface area contributed by atoms with Crippen LogP contribution in [-0.2, 0) is 16.6 Å². The second kappa shape index (κ2) is 7.66. The van der Waals surface area contributed by atoms with Crippen LogP contribution in [-0.4, -0.2) is 15.9 Å². The Balaban J connectivity index is 1.59. The van der Waals surface area contributed by atoms with E-state index < -0.39 is 0 Å². The summed E-state index contributed by atoms with van der Waals surface area (Å²) < 4.78 is 5.72. The molecular weight excluding hydrogens is 346 g/mol. The van der Waals surface area contributed by atoms with Gasteiger partial charge >= 0.3 is 0 Å². The lowest BCUT2D eigenvalue weighted by Crippen LogP contribution is -2.13. The van der Waals surface area contributed by atoms with Crippen LogP contribution in [0.4, 0.5) is 5.13 Å². The number of oxazole rings is 1. The molecule has 0 fully saturated rings. The standard InChI is InChI=1S/C20H21N3O2S/c1-20(2,3)16-13-21-18(25-16)10-9-15-12-22-19(26-15)23-17(24)11-14-7-5-4-6-8-14/h4-10,12-13H,11H2,1-3H3,(H,22,23,24)/b10-9-. The van der Waals surface area contributed by atoms with Gasteiger partial charge in [-0.25, -0.2) is 9.97 Å². The quantitative estimate of drug-likeness (QED) is 0.705. The van der Waals surface area contributed by atoms with E-state index in [-0.39, 0.29) is 11.3 Å². The van der Waals surface area contributed by atoms with Gasteiger partial charge in [0, 0.05) is 22.6 Å². The Morgan fingerprint density at radius 2 is 1.92 bits per heavy atom. The summed E-state index contributed by atoms with van der Waals surface area (Å²) >= 11 is 1.40. The highest BCUT2D eigenvalue weighted by Gasteiger charge is 2.18. The predicted octanol–water partition coefficient (Wildman–Crippen LogP) is 4.78. The zero-order chi connectivity index (χ0) is 18.6. The van der Waals surface area contributed by atoms with Crippen molar-refractivity contribution in [3.63, 3.8) is 0 Å². The first-order valence-electron chi connectivity index (χ1n) is 8.34. The maximum atomic E-state index is 12.1. The van der Waals surface area contributed by atoms with Crippen LogP contribution in [0.15, 0.2) is 47.1 Å². The molecule has 1 aromatic carbocycles. The molecule has 2 heterocycles. The third-order valence-corrected chi connectivity index (χ3v) is 4.51. The molecule has 1 N–H and O–H groups in total. The molecule has 0 bridgehead atoms. The molecule has 6 heteroatoms. The van der Waals surface area contributed by atoms with Crippen LogP contribution >= 0.6 is 11.3 Å². The van der Waals surface area contributed by atoms with E-state index in [1.165, 1.54) is 11.3 Å². The van der Waals surface area contributed by atoms with Crippen molar-refractivity contribution in [1.82, 2.24) is 9.97 Å².